The Morgan fingerprint density at radius 3 is 2.57 bits per heavy atom. The lowest BCUT2D eigenvalue weighted by molar-refractivity contribution is -0.0740. The van der Waals surface area contributed by atoms with Gasteiger partial charge in [-0.05, 0) is 55.9 Å². The van der Waals surface area contributed by atoms with Crippen LogP contribution in [0.4, 0.5) is 0 Å². The predicted molar refractivity (Wildman–Crippen MR) is 98.4 cm³/mol. The molecule has 1 aromatic rings. The number of rotatable bonds is 5. The van der Waals surface area contributed by atoms with Crippen molar-refractivity contribution in [3.63, 3.8) is 0 Å². The molecule has 4 heteroatoms. The highest BCUT2D eigenvalue weighted by molar-refractivity contribution is 6.36. The van der Waals surface area contributed by atoms with Crippen LogP contribution in [0.5, 0.6) is 5.75 Å². The summed E-state index contributed by atoms with van der Waals surface area (Å²) in [5.41, 5.74) is 2.09. The van der Waals surface area contributed by atoms with Gasteiger partial charge in [0.25, 0.3) is 0 Å². The van der Waals surface area contributed by atoms with Crippen LogP contribution in [0.1, 0.15) is 57.9 Å². The van der Waals surface area contributed by atoms with Gasteiger partial charge < -0.3 is 4.74 Å². The van der Waals surface area contributed by atoms with E-state index in [1.807, 2.05) is 6.07 Å². The lowest BCUT2D eigenvalue weighted by atomic mass is 9.82. The minimum Gasteiger partial charge on any atom is -0.467 e. The van der Waals surface area contributed by atoms with Crippen molar-refractivity contribution < 1.29 is 4.74 Å². The Labute approximate surface area is 149 Å². The summed E-state index contributed by atoms with van der Waals surface area (Å²) >= 11 is 12.6. The molecule has 2 nitrogen and oxygen atoms in total. The number of fused-ring (bicyclic) bond motifs is 2. The number of ether oxygens (including phenoxy) is 1. The maximum absolute atomic E-state index is 6.64. The molecule has 1 unspecified atom stereocenters. The molecule has 23 heavy (non-hydrogen) atoms. The zero-order valence-electron chi connectivity index (χ0n) is 14.0. The molecule has 3 rings (SSSR count). The van der Waals surface area contributed by atoms with Gasteiger partial charge >= 0.3 is 0 Å². The summed E-state index contributed by atoms with van der Waals surface area (Å²) in [6.45, 7) is 6.56. The molecular weight excluding hydrogens is 329 g/mol. The van der Waals surface area contributed by atoms with E-state index < -0.39 is 0 Å². The first-order valence-corrected chi connectivity index (χ1v) is 9.50. The van der Waals surface area contributed by atoms with Gasteiger partial charge in [0, 0.05) is 30.1 Å². The van der Waals surface area contributed by atoms with Gasteiger partial charge in [0.05, 0.1) is 5.02 Å². The van der Waals surface area contributed by atoms with Crippen LogP contribution < -0.4 is 4.74 Å². The van der Waals surface area contributed by atoms with Gasteiger partial charge in [0.2, 0.25) is 0 Å². The minimum absolute atomic E-state index is 0.311. The van der Waals surface area contributed by atoms with Crippen molar-refractivity contribution in [3.05, 3.63) is 33.3 Å². The third-order valence-corrected chi connectivity index (χ3v) is 5.35. The average molecular weight is 354 g/mol. The van der Waals surface area contributed by atoms with Crippen LogP contribution in [0.2, 0.25) is 10.0 Å². The van der Waals surface area contributed by atoms with Crippen LogP contribution in [0.25, 0.3) is 6.08 Å². The molecule has 0 spiro atoms. The summed E-state index contributed by atoms with van der Waals surface area (Å²) < 4.78 is 6.64. The highest BCUT2D eigenvalue weighted by Gasteiger charge is 2.46. The molecule has 0 amide bonds. The number of halogens is 2. The van der Waals surface area contributed by atoms with Crippen molar-refractivity contribution in [3.8, 4) is 5.75 Å². The molecule has 1 saturated carbocycles. The Balaban J connectivity index is 2.08. The first-order chi connectivity index (χ1) is 11.1. The van der Waals surface area contributed by atoms with E-state index in [2.05, 4.69) is 24.8 Å². The monoisotopic (exact) mass is 353 g/mol. The lowest BCUT2D eigenvalue weighted by Gasteiger charge is -2.49. The molecule has 0 N–H and O–H groups in total. The van der Waals surface area contributed by atoms with E-state index in [0.717, 1.165) is 50.1 Å². The number of benzene rings is 1. The van der Waals surface area contributed by atoms with Gasteiger partial charge in [0.15, 0.2) is 5.72 Å². The maximum Gasteiger partial charge on any atom is 0.186 e. The smallest absolute Gasteiger partial charge is 0.186 e. The highest BCUT2D eigenvalue weighted by atomic mass is 35.5. The molecule has 1 aliphatic carbocycles. The summed E-state index contributed by atoms with van der Waals surface area (Å²) in [5, 5.41) is 1.28. The fourth-order valence-corrected chi connectivity index (χ4v) is 4.48. The van der Waals surface area contributed by atoms with Gasteiger partial charge in [-0.25, -0.2) is 0 Å². The topological polar surface area (TPSA) is 12.5 Å². The standard InChI is InChI=1S/C19H25Cl2NO/c1-3-9-22(10-4-2)19-8-6-5-7-15(19)11-14-12-16(20)13-17(21)18(14)23-19/h11-13H,3-10H2,1-2H3. The van der Waals surface area contributed by atoms with Gasteiger partial charge in [-0.2, -0.15) is 0 Å². The normalized spacial score (nSPS) is 23.1. The lowest BCUT2D eigenvalue weighted by Crippen LogP contribution is -2.57. The second-order valence-corrected chi connectivity index (χ2v) is 7.40. The highest BCUT2D eigenvalue weighted by Crippen LogP contribution is 2.48. The summed E-state index contributed by atoms with van der Waals surface area (Å²) in [5.74, 6) is 0.791. The Hall–Kier alpha value is -0.700. The Kier molecular flexibility index (Phi) is 5.25. The van der Waals surface area contributed by atoms with E-state index in [1.165, 1.54) is 18.4 Å². The molecular formula is C19H25Cl2NO. The summed E-state index contributed by atoms with van der Waals surface area (Å²) in [4.78, 5) is 2.52. The molecule has 1 fully saturated rings. The average Bonchev–Trinajstić information content (AvgIpc) is 2.53. The molecule has 1 aliphatic heterocycles. The first kappa shape index (κ1) is 17.1. The second-order valence-electron chi connectivity index (χ2n) is 6.56. The zero-order chi connectivity index (χ0) is 16.4. The van der Waals surface area contributed by atoms with E-state index in [4.69, 9.17) is 27.9 Å². The van der Waals surface area contributed by atoms with Crippen molar-refractivity contribution >= 4 is 29.3 Å². The quantitative estimate of drug-likeness (QED) is 0.628. The van der Waals surface area contributed by atoms with Crippen LogP contribution in [-0.4, -0.2) is 23.7 Å². The third kappa shape index (κ3) is 3.14. The third-order valence-electron chi connectivity index (χ3n) is 4.85. The summed E-state index contributed by atoms with van der Waals surface area (Å²) in [7, 11) is 0. The molecule has 1 heterocycles. The van der Waals surface area contributed by atoms with Crippen LogP contribution in [-0.2, 0) is 0 Å². The molecule has 0 aromatic heterocycles. The molecule has 1 atom stereocenters. The number of hydrogen-bond acceptors (Lipinski definition) is 2. The largest absolute Gasteiger partial charge is 0.467 e. The van der Waals surface area contributed by atoms with E-state index in [1.54, 1.807) is 6.07 Å². The molecule has 0 bridgehead atoms. The second kappa shape index (κ2) is 7.04. The minimum atomic E-state index is -0.311. The Morgan fingerprint density at radius 2 is 1.87 bits per heavy atom. The molecule has 0 radical (unpaired) electrons. The van der Waals surface area contributed by atoms with Crippen molar-refractivity contribution in [1.29, 1.82) is 0 Å². The SMILES string of the molecule is CCCN(CCC)C12CCCCC1=Cc1cc(Cl)cc(Cl)c1O2. The molecule has 2 aliphatic rings. The van der Waals surface area contributed by atoms with Gasteiger partial charge in [-0.15, -0.1) is 0 Å². The van der Waals surface area contributed by atoms with Gasteiger partial charge in [-0.3, -0.25) is 4.90 Å². The molecule has 1 aromatic carbocycles. The zero-order valence-corrected chi connectivity index (χ0v) is 15.5. The Morgan fingerprint density at radius 1 is 1.13 bits per heavy atom. The summed E-state index contributed by atoms with van der Waals surface area (Å²) in [6, 6.07) is 3.74. The fraction of sp³-hybridized carbons (Fsp3) is 0.579. The summed E-state index contributed by atoms with van der Waals surface area (Å²) in [6.07, 6.45) is 9.08. The number of hydrogen-bond donors (Lipinski definition) is 0. The van der Waals surface area contributed by atoms with Gasteiger partial charge in [-0.1, -0.05) is 37.0 Å². The number of nitrogens with zero attached hydrogens (tertiary/aromatic N) is 1. The van der Waals surface area contributed by atoms with Crippen LogP contribution in [0, 0.1) is 0 Å². The fourth-order valence-electron chi connectivity index (χ4n) is 3.93. The predicted octanol–water partition coefficient (Wildman–Crippen LogP) is 6.16. The molecule has 126 valence electrons. The van der Waals surface area contributed by atoms with Crippen molar-refractivity contribution in [2.75, 3.05) is 13.1 Å². The van der Waals surface area contributed by atoms with Crippen LogP contribution >= 0.6 is 23.2 Å². The van der Waals surface area contributed by atoms with Gasteiger partial charge in [0.1, 0.15) is 5.75 Å². The van der Waals surface area contributed by atoms with E-state index in [0.29, 0.717) is 10.0 Å². The van der Waals surface area contributed by atoms with Crippen molar-refractivity contribution in [1.82, 2.24) is 4.90 Å². The van der Waals surface area contributed by atoms with Crippen molar-refractivity contribution in [2.24, 2.45) is 0 Å². The first-order valence-electron chi connectivity index (χ1n) is 8.75. The molecule has 0 saturated heterocycles. The van der Waals surface area contributed by atoms with E-state index in [-0.39, 0.29) is 5.72 Å². The van der Waals surface area contributed by atoms with Crippen LogP contribution in [0.15, 0.2) is 17.7 Å². The maximum atomic E-state index is 6.64. The Bertz CT molecular complexity index is 608. The van der Waals surface area contributed by atoms with E-state index in [9.17, 15) is 0 Å². The van der Waals surface area contributed by atoms with Crippen LogP contribution in [0.3, 0.4) is 0 Å². The van der Waals surface area contributed by atoms with Crippen molar-refractivity contribution in [2.45, 2.75) is 58.1 Å². The van der Waals surface area contributed by atoms with E-state index >= 15 is 0 Å².